The molecule has 0 aliphatic rings. The zero-order valence-corrected chi connectivity index (χ0v) is 21.7. The van der Waals surface area contributed by atoms with E-state index in [4.69, 9.17) is 4.74 Å². The summed E-state index contributed by atoms with van der Waals surface area (Å²) in [6, 6.07) is 29.6. The quantitative estimate of drug-likeness (QED) is 0.211. The van der Waals surface area contributed by atoms with Crippen molar-refractivity contribution in [2.45, 2.75) is 31.6 Å². The molecule has 0 bridgehead atoms. The average molecular weight is 547 g/mol. The molecule has 0 saturated carbocycles. The van der Waals surface area contributed by atoms with E-state index >= 15 is 0 Å². The van der Waals surface area contributed by atoms with Gasteiger partial charge in [0, 0.05) is 12.1 Å². The van der Waals surface area contributed by atoms with E-state index in [2.05, 4.69) is 10.6 Å². The van der Waals surface area contributed by atoms with Gasteiger partial charge < -0.3 is 15.4 Å². The highest BCUT2D eigenvalue weighted by Gasteiger charge is 2.30. The number of ketones is 1. The van der Waals surface area contributed by atoms with Crippen molar-refractivity contribution in [3.63, 3.8) is 0 Å². The minimum Gasteiger partial charge on any atom is -0.457 e. The lowest BCUT2D eigenvalue weighted by Crippen LogP contribution is -2.44. The molecule has 1 amide bonds. The molecule has 1 atom stereocenters. The van der Waals surface area contributed by atoms with Gasteiger partial charge in [-0.3, -0.25) is 9.59 Å². The van der Waals surface area contributed by atoms with Gasteiger partial charge in [-0.2, -0.15) is 13.2 Å². The molecule has 0 radical (unpaired) electrons. The number of benzene rings is 4. The highest BCUT2D eigenvalue weighted by molar-refractivity contribution is 5.98. The van der Waals surface area contributed by atoms with Crippen molar-refractivity contribution in [1.82, 2.24) is 10.6 Å². The second-order valence-electron chi connectivity index (χ2n) is 9.26. The molecule has 0 heterocycles. The van der Waals surface area contributed by atoms with Crippen molar-refractivity contribution in [3.05, 3.63) is 131 Å². The van der Waals surface area contributed by atoms with Crippen LogP contribution in [0.15, 0.2) is 109 Å². The van der Waals surface area contributed by atoms with Gasteiger partial charge in [-0.25, -0.2) is 0 Å². The van der Waals surface area contributed by atoms with E-state index in [1.165, 1.54) is 6.07 Å². The molecule has 0 aliphatic heterocycles. The minimum atomic E-state index is -4.44. The van der Waals surface area contributed by atoms with Crippen LogP contribution in [0.4, 0.5) is 13.2 Å². The lowest BCUT2D eigenvalue weighted by molar-refractivity contribution is -0.137. The molecule has 0 spiro atoms. The average Bonchev–Trinajstić information content (AvgIpc) is 2.96. The van der Waals surface area contributed by atoms with Gasteiger partial charge in [-0.15, -0.1) is 0 Å². The molecule has 4 aromatic carbocycles. The van der Waals surface area contributed by atoms with Crippen LogP contribution >= 0.6 is 0 Å². The van der Waals surface area contributed by atoms with E-state index in [1.807, 2.05) is 48.5 Å². The summed E-state index contributed by atoms with van der Waals surface area (Å²) in [6.45, 7) is -0.0407. The molecule has 8 heteroatoms. The number of halogens is 3. The number of nitrogens with one attached hydrogen (secondary N) is 2. The Labute approximate surface area is 231 Å². The van der Waals surface area contributed by atoms with Gasteiger partial charge in [0.15, 0.2) is 5.78 Å². The second-order valence-corrected chi connectivity index (χ2v) is 9.26. The summed E-state index contributed by atoms with van der Waals surface area (Å²) in [5.41, 5.74) is 1.01. The highest BCUT2D eigenvalue weighted by Crippen LogP contribution is 2.29. The Balaban J connectivity index is 1.41. The normalized spacial score (nSPS) is 12.0. The summed E-state index contributed by atoms with van der Waals surface area (Å²) >= 11 is 0. The molecular formula is C32H29F3N2O3. The highest BCUT2D eigenvalue weighted by atomic mass is 19.4. The number of hydrogen-bond acceptors (Lipinski definition) is 4. The first kappa shape index (κ1) is 28.6. The van der Waals surface area contributed by atoms with Crippen molar-refractivity contribution in [2.24, 2.45) is 0 Å². The van der Waals surface area contributed by atoms with Gasteiger partial charge in [0.25, 0.3) is 5.91 Å². The van der Waals surface area contributed by atoms with Crippen LogP contribution < -0.4 is 15.4 Å². The monoisotopic (exact) mass is 546 g/mol. The van der Waals surface area contributed by atoms with Gasteiger partial charge in [0.2, 0.25) is 0 Å². The van der Waals surface area contributed by atoms with Crippen LogP contribution in [0.25, 0.3) is 0 Å². The lowest BCUT2D eigenvalue weighted by atomic mass is 10.0. The van der Waals surface area contributed by atoms with Crippen molar-refractivity contribution < 1.29 is 27.5 Å². The van der Waals surface area contributed by atoms with Crippen molar-refractivity contribution in [3.8, 4) is 11.5 Å². The van der Waals surface area contributed by atoms with Crippen LogP contribution in [-0.2, 0) is 23.9 Å². The summed E-state index contributed by atoms with van der Waals surface area (Å²) < 4.78 is 44.9. The van der Waals surface area contributed by atoms with Crippen molar-refractivity contribution in [2.75, 3.05) is 6.54 Å². The molecule has 2 N–H and O–H groups in total. The van der Waals surface area contributed by atoms with Gasteiger partial charge in [-0.05, 0) is 60.4 Å². The third-order valence-corrected chi connectivity index (χ3v) is 6.22. The number of amides is 1. The molecule has 0 aliphatic carbocycles. The largest absolute Gasteiger partial charge is 0.457 e. The van der Waals surface area contributed by atoms with Crippen molar-refractivity contribution >= 4 is 11.7 Å². The zero-order chi connectivity index (χ0) is 28.4. The van der Waals surface area contributed by atoms with E-state index in [0.29, 0.717) is 35.5 Å². The fraction of sp³-hybridized carbons (Fsp3) is 0.188. The molecule has 40 heavy (non-hydrogen) atoms. The van der Waals surface area contributed by atoms with Gasteiger partial charge in [0.05, 0.1) is 18.2 Å². The lowest BCUT2D eigenvalue weighted by Gasteiger charge is -2.19. The number of alkyl halides is 3. The molecule has 4 aromatic rings. The number of rotatable bonds is 12. The fourth-order valence-electron chi connectivity index (χ4n) is 4.15. The summed E-state index contributed by atoms with van der Waals surface area (Å²) in [5.74, 6) is 0.410. The third kappa shape index (κ3) is 8.54. The zero-order valence-electron chi connectivity index (χ0n) is 21.7. The van der Waals surface area contributed by atoms with E-state index < -0.39 is 23.7 Å². The van der Waals surface area contributed by atoms with E-state index in [1.54, 1.807) is 42.5 Å². The summed E-state index contributed by atoms with van der Waals surface area (Å²) in [6.07, 6.45) is -3.52. The SMILES string of the molecule is O=C(N[C@@H](CCc1ccccc1)C(=O)CNCc1cccc(C(F)(F)F)c1)c1cccc(Oc2ccccc2)c1. The van der Waals surface area contributed by atoms with Crippen LogP contribution in [0.2, 0.25) is 0 Å². The van der Waals surface area contributed by atoms with Crippen LogP contribution in [0.5, 0.6) is 11.5 Å². The molecule has 0 fully saturated rings. The number of carbonyl (C=O) groups is 2. The number of carbonyl (C=O) groups excluding carboxylic acids is 2. The first-order chi connectivity index (χ1) is 19.3. The minimum absolute atomic E-state index is 0.0773. The second kappa shape index (κ2) is 13.6. The molecule has 0 aromatic heterocycles. The Morgan fingerprint density at radius 2 is 1.40 bits per heavy atom. The first-order valence-corrected chi connectivity index (χ1v) is 12.9. The van der Waals surface area contributed by atoms with Gasteiger partial charge >= 0.3 is 6.18 Å². The topological polar surface area (TPSA) is 67.4 Å². The predicted molar refractivity (Wildman–Crippen MR) is 147 cm³/mol. The van der Waals surface area contributed by atoms with E-state index in [0.717, 1.165) is 17.7 Å². The van der Waals surface area contributed by atoms with Crippen LogP contribution in [0.3, 0.4) is 0 Å². The number of para-hydroxylation sites is 1. The Hall–Kier alpha value is -4.43. The van der Waals surface area contributed by atoms with E-state index in [-0.39, 0.29) is 18.9 Å². The smallest absolute Gasteiger partial charge is 0.416 e. The number of hydrogen-bond donors (Lipinski definition) is 2. The Bertz CT molecular complexity index is 1410. The third-order valence-electron chi connectivity index (χ3n) is 6.22. The molecule has 0 unspecified atom stereocenters. The first-order valence-electron chi connectivity index (χ1n) is 12.9. The molecule has 206 valence electrons. The molecule has 4 rings (SSSR count). The summed E-state index contributed by atoms with van der Waals surface area (Å²) in [5, 5.41) is 5.76. The summed E-state index contributed by atoms with van der Waals surface area (Å²) in [4.78, 5) is 26.3. The summed E-state index contributed by atoms with van der Waals surface area (Å²) in [7, 11) is 0. The predicted octanol–water partition coefficient (Wildman–Crippen LogP) is 6.59. The standard InChI is InChI=1S/C32H29F3N2O3/c33-32(34,35)26-13-7-11-24(19-26)21-36-22-30(38)29(18-17-23-9-3-1-4-10-23)37-31(39)25-12-8-16-28(20-25)40-27-14-5-2-6-15-27/h1-16,19-20,29,36H,17-18,21-22H2,(H,37,39)/t29-/m0/s1. The molecular weight excluding hydrogens is 517 g/mol. The number of aryl methyl sites for hydroxylation is 1. The van der Waals surface area contributed by atoms with E-state index in [9.17, 15) is 22.8 Å². The maximum atomic E-state index is 13.2. The maximum absolute atomic E-state index is 13.2. The van der Waals surface area contributed by atoms with Gasteiger partial charge in [-0.1, -0.05) is 72.8 Å². The van der Waals surface area contributed by atoms with Crippen LogP contribution in [0.1, 0.15) is 33.5 Å². The van der Waals surface area contributed by atoms with Gasteiger partial charge in [0.1, 0.15) is 11.5 Å². The van der Waals surface area contributed by atoms with Crippen LogP contribution in [0, 0.1) is 0 Å². The molecule has 5 nitrogen and oxygen atoms in total. The maximum Gasteiger partial charge on any atom is 0.416 e. The number of Topliss-reactive ketones (excluding diaryl/α,β-unsaturated/α-hetero) is 1. The van der Waals surface area contributed by atoms with Crippen LogP contribution in [-0.4, -0.2) is 24.3 Å². The Morgan fingerprint density at radius 3 is 2.12 bits per heavy atom. The van der Waals surface area contributed by atoms with Crippen molar-refractivity contribution in [1.29, 1.82) is 0 Å². The Kier molecular flexibility index (Phi) is 9.70. The number of ether oxygens (including phenoxy) is 1. The molecule has 0 saturated heterocycles. The fourth-order valence-corrected chi connectivity index (χ4v) is 4.15. The Morgan fingerprint density at radius 1 is 0.750 bits per heavy atom.